The number of nitrogens with one attached hydrogen (secondary N) is 1. The van der Waals surface area contributed by atoms with E-state index in [-0.39, 0.29) is 12.3 Å². The van der Waals surface area contributed by atoms with Gasteiger partial charge in [0.25, 0.3) is 0 Å². The minimum atomic E-state index is -0.203. The van der Waals surface area contributed by atoms with Crippen molar-refractivity contribution in [2.24, 2.45) is 5.10 Å². The second kappa shape index (κ2) is 10.3. The molecule has 0 bridgehead atoms. The molecule has 3 aromatic carbocycles. The highest BCUT2D eigenvalue weighted by atomic mass is 35.5. The van der Waals surface area contributed by atoms with Crippen LogP contribution in [-0.2, 0) is 17.8 Å². The number of carbonyl (C=O) groups excluding carboxylic acids is 1. The highest BCUT2D eigenvalue weighted by Gasteiger charge is 2.04. The van der Waals surface area contributed by atoms with Crippen LogP contribution in [0.5, 0.6) is 11.5 Å². The molecule has 148 valence electrons. The predicted molar refractivity (Wildman–Crippen MR) is 115 cm³/mol. The molecule has 0 unspecified atom stereocenters. The SMILES string of the molecule is COc1ccc(CC(=O)N/N=C\c2ccccc2OCc2ccc(Cl)cc2)cc1. The molecule has 0 aromatic heterocycles. The van der Waals surface area contributed by atoms with Crippen molar-refractivity contribution < 1.29 is 14.3 Å². The third-order valence-corrected chi connectivity index (χ3v) is 4.40. The Morgan fingerprint density at radius 3 is 2.41 bits per heavy atom. The quantitative estimate of drug-likeness (QED) is 0.437. The minimum absolute atomic E-state index is 0.203. The summed E-state index contributed by atoms with van der Waals surface area (Å²) in [5.74, 6) is 1.23. The topological polar surface area (TPSA) is 59.9 Å². The van der Waals surface area contributed by atoms with E-state index in [9.17, 15) is 4.79 Å². The van der Waals surface area contributed by atoms with Crippen molar-refractivity contribution in [2.75, 3.05) is 7.11 Å². The number of nitrogens with zero attached hydrogens (tertiary/aromatic N) is 1. The second-order valence-electron chi connectivity index (χ2n) is 6.27. The van der Waals surface area contributed by atoms with Gasteiger partial charge in [0.1, 0.15) is 18.1 Å². The summed E-state index contributed by atoms with van der Waals surface area (Å²) in [6, 6.07) is 22.3. The molecule has 0 aliphatic heterocycles. The first-order valence-electron chi connectivity index (χ1n) is 9.05. The fraction of sp³-hybridized carbons (Fsp3) is 0.130. The average Bonchev–Trinajstić information content (AvgIpc) is 2.75. The maximum Gasteiger partial charge on any atom is 0.244 e. The van der Waals surface area contributed by atoms with Gasteiger partial charge in [-0.3, -0.25) is 4.79 Å². The standard InChI is InChI=1S/C23H21ClN2O3/c1-28-21-12-8-17(9-13-21)14-23(27)26-25-15-19-4-2-3-5-22(19)29-16-18-6-10-20(24)11-7-18/h2-13,15H,14,16H2,1H3,(H,26,27)/b25-15-. The Balaban J connectivity index is 1.55. The van der Waals surface area contributed by atoms with Gasteiger partial charge in [0, 0.05) is 10.6 Å². The fourth-order valence-corrected chi connectivity index (χ4v) is 2.73. The number of rotatable bonds is 8. The molecule has 3 rings (SSSR count). The Morgan fingerprint density at radius 1 is 1.00 bits per heavy atom. The van der Waals surface area contributed by atoms with E-state index in [0.29, 0.717) is 17.4 Å². The predicted octanol–water partition coefficient (Wildman–Crippen LogP) is 4.62. The van der Waals surface area contributed by atoms with Crippen LogP contribution in [0.1, 0.15) is 16.7 Å². The normalized spacial score (nSPS) is 10.7. The molecule has 0 radical (unpaired) electrons. The largest absolute Gasteiger partial charge is 0.497 e. The van der Waals surface area contributed by atoms with Gasteiger partial charge in [-0.25, -0.2) is 5.43 Å². The number of para-hydroxylation sites is 1. The smallest absolute Gasteiger partial charge is 0.244 e. The lowest BCUT2D eigenvalue weighted by Crippen LogP contribution is -2.19. The molecule has 0 saturated carbocycles. The lowest BCUT2D eigenvalue weighted by Gasteiger charge is -2.09. The molecule has 0 fully saturated rings. The maximum atomic E-state index is 12.1. The first-order chi connectivity index (χ1) is 14.1. The molecule has 6 heteroatoms. The van der Waals surface area contributed by atoms with Crippen LogP contribution in [0.2, 0.25) is 5.02 Å². The van der Waals surface area contributed by atoms with E-state index in [0.717, 1.165) is 22.4 Å². The van der Waals surface area contributed by atoms with Crippen molar-refractivity contribution in [2.45, 2.75) is 13.0 Å². The minimum Gasteiger partial charge on any atom is -0.497 e. The van der Waals surface area contributed by atoms with Crippen LogP contribution in [0.15, 0.2) is 77.9 Å². The average molecular weight is 409 g/mol. The molecule has 0 atom stereocenters. The lowest BCUT2D eigenvalue weighted by molar-refractivity contribution is -0.120. The number of carbonyl (C=O) groups is 1. The van der Waals surface area contributed by atoms with Crippen molar-refractivity contribution in [1.29, 1.82) is 0 Å². The number of ether oxygens (including phenoxy) is 2. The first kappa shape index (κ1) is 20.4. The number of amides is 1. The van der Waals surface area contributed by atoms with Crippen LogP contribution in [0.4, 0.5) is 0 Å². The van der Waals surface area contributed by atoms with Gasteiger partial charge >= 0.3 is 0 Å². The Morgan fingerprint density at radius 2 is 1.69 bits per heavy atom. The van der Waals surface area contributed by atoms with Crippen molar-refractivity contribution in [3.05, 3.63) is 94.5 Å². The number of halogens is 1. The van der Waals surface area contributed by atoms with Crippen LogP contribution in [0, 0.1) is 0 Å². The number of benzene rings is 3. The van der Waals surface area contributed by atoms with Gasteiger partial charge < -0.3 is 9.47 Å². The summed E-state index contributed by atoms with van der Waals surface area (Å²) in [7, 11) is 1.60. The number of hydrogen-bond donors (Lipinski definition) is 1. The van der Waals surface area contributed by atoms with Crippen LogP contribution in [0.25, 0.3) is 0 Å². The fourth-order valence-electron chi connectivity index (χ4n) is 2.60. The highest BCUT2D eigenvalue weighted by molar-refractivity contribution is 6.30. The van der Waals surface area contributed by atoms with Crippen LogP contribution >= 0.6 is 11.6 Å². The monoisotopic (exact) mass is 408 g/mol. The van der Waals surface area contributed by atoms with E-state index < -0.39 is 0 Å². The Hall–Kier alpha value is -3.31. The number of hydrazone groups is 1. The zero-order chi connectivity index (χ0) is 20.5. The van der Waals surface area contributed by atoms with Gasteiger partial charge in [-0.2, -0.15) is 5.10 Å². The summed E-state index contributed by atoms with van der Waals surface area (Å²) in [6.45, 7) is 0.409. The summed E-state index contributed by atoms with van der Waals surface area (Å²) in [5, 5.41) is 4.74. The molecule has 5 nitrogen and oxygen atoms in total. The van der Waals surface area contributed by atoms with Gasteiger partial charge in [-0.15, -0.1) is 0 Å². The Kier molecular flexibility index (Phi) is 7.25. The molecule has 29 heavy (non-hydrogen) atoms. The summed E-state index contributed by atoms with van der Waals surface area (Å²) >= 11 is 5.90. The van der Waals surface area contributed by atoms with E-state index in [1.807, 2.05) is 72.8 Å². The molecule has 0 heterocycles. The van der Waals surface area contributed by atoms with Gasteiger partial charge in [0.05, 0.1) is 19.7 Å². The molecule has 0 aliphatic rings. The van der Waals surface area contributed by atoms with E-state index >= 15 is 0 Å². The van der Waals surface area contributed by atoms with Crippen LogP contribution in [-0.4, -0.2) is 19.2 Å². The van der Waals surface area contributed by atoms with Gasteiger partial charge in [0.15, 0.2) is 0 Å². The molecular formula is C23H21ClN2O3. The molecule has 0 aliphatic carbocycles. The summed E-state index contributed by atoms with van der Waals surface area (Å²) in [5.41, 5.74) is 5.20. The third-order valence-electron chi connectivity index (χ3n) is 4.14. The van der Waals surface area contributed by atoms with E-state index in [1.54, 1.807) is 13.3 Å². The molecular weight excluding hydrogens is 388 g/mol. The summed E-state index contributed by atoms with van der Waals surface area (Å²) in [6.07, 6.45) is 1.80. The van der Waals surface area contributed by atoms with Crippen LogP contribution < -0.4 is 14.9 Å². The molecule has 1 amide bonds. The second-order valence-corrected chi connectivity index (χ2v) is 6.71. The first-order valence-corrected chi connectivity index (χ1v) is 9.43. The third kappa shape index (κ3) is 6.36. The molecule has 1 N–H and O–H groups in total. The number of methoxy groups -OCH3 is 1. The highest BCUT2D eigenvalue weighted by Crippen LogP contribution is 2.18. The Bertz CT molecular complexity index is 970. The Labute approximate surface area is 174 Å². The van der Waals surface area contributed by atoms with Crippen molar-refractivity contribution in [1.82, 2.24) is 5.43 Å². The molecule has 3 aromatic rings. The van der Waals surface area contributed by atoms with Crippen molar-refractivity contribution >= 4 is 23.7 Å². The summed E-state index contributed by atoms with van der Waals surface area (Å²) < 4.78 is 11.0. The van der Waals surface area contributed by atoms with Crippen molar-refractivity contribution in [3.63, 3.8) is 0 Å². The van der Waals surface area contributed by atoms with E-state index in [2.05, 4.69) is 10.5 Å². The van der Waals surface area contributed by atoms with Gasteiger partial charge in [-0.05, 0) is 47.5 Å². The van der Waals surface area contributed by atoms with Crippen molar-refractivity contribution in [3.8, 4) is 11.5 Å². The van der Waals surface area contributed by atoms with Crippen LogP contribution in [0.3, 0.4) is 0 Å². The number of hydrogen-bond acceptors (Lipinski definition) is 4. The van der Waals surface area contributed by atoms with E-state index in [1.165, 1.54) is 0 Å². The van der Waals surface area contributed by atoms with Gasteiger partial charge in [0.2, 0.25) is 5.91 Å². The van der Waals surface area contributed by atoms with E-state index in [4.69, 9.17) is 21.1 Å². The summed E-state index contributed by atoms with van der Waals surface area (Å²) in [4.78, 5) is 12.1. The molecule has 0 saturated heterocycles. The zero-order valence-electron chi connectivity index (χ0n) is 16.0. The lowest BCUT2D eigenvalue weighted by atomic mass is 10.1. The molecule has 0 spiro atoms. The zero-order valence-corrected chi connectivity index (χ0v) is 16.7. The van der Waals surface area contributed by atoms with Gasteiger partial charge in [-0.1, -0.05) is 48.0 Å². The maximum absolute atomic E-state index is 12.1.